The summed E-state index contributed by atoms with van der Waals surface area (Å²) in [5, 5.41) is 17.5. The van der Waals surface area contributed by atoms with Crippen molar-refractivity contribution in [1.82, 2.24) is 5.32 Å². The van der Waals surface area contributed by atoms with Crippen molar-refractivity contribution >= 4 is 28.5 Å². The Morgan fingerprint density at radius 2 is 1.85 bits per heavy atom. The number of carboxylic acids is 1. The summed E-state index contributed by atoms with van der Waals surface area (Å²) in [6.45, 7) is 1.67. The maximum atomic E-state index is 13.1. The number of carbonyl (C=O) groups excluding carboxylic acids is 1. The second-order valence-electron chi connectivity index (χ2n) is 9.41. The Hall–Kier alpha value is -4.25. The number of carboxylic acid groups (broad SMARTS) is 1. The van der Waals surface area contributed by atoms with Crippen LogP contribution in [0.2, 0.25) is 0 Å². The molecule has 10 heteroatoms. The average molecular weight is 562 g/mol. The zero-order valence-electron chi connectivity index (χ0n) is 23.7. The fourth-order valence-corrected chi connectivity index (χ4v) is 4.61. The van der Waals surface area contributed by atoms with Gasteiger partial charge in [0.15, 0.2) is 0 Å². The number of ether oxygens (including phenoxy) is 3. The number of carbonyl (C=O) groups is 2. The first-order valence-corrected chi connectivity index (χ1v) is 13.3. The van der Waals surface area contributed by atoms with Crippen LogP contribution < -0.4 is 16.0 Å². The summed E-state index contributed by atoms with van der Waals surface area (Å²) in [5.41, 5.74) is 3.63. The summed E-state index contributed by atoms with van der Waals surface area (Å²) in [4.78, 5) is 29.7. The topological polar surface area (TPSA) is 132 Å². The van der Waals surface area contributed by atoms with Crippen molar-refractivity contribution in [1.29, 1.82) is 0 Å². The van der Waals surface area contributed by atoms with Crippen LogP contribution in [0.15, 0.2) is 64.0 Å². The molecule has 1 atom stereocenters. The lowest BCUT2D eigenvalue weighted by atomic mass is 9.89. The molecule has 0 fully saturated rings. The fraction of sp³-hybridized carbons (Fsp3) is 0.323. The lowest BCUT2D eigenvalue weighted by molar-refractivity contribution is -0.0305. The minimum Gasteiger partial charge on any atom is -0.478 e. The Balaban J connectivity index is 1.66. The Morgan fingerprint density at radius 3 is 2.56 bits per heavy atom. The largest absolute Gasteiger partial charge is 0.478 e. The molecule has 10 nitrogen and oxygen atoms in total. The lowest BCUT2D eigenvalue weighted by Gasteiger charge is -2.18. The highest BCUT2D eigenvalue weighted by Crippen LogP contribution is 2.42. The second kappa shape index (κ2) is 13.9. The van der Waals surface area contributed by atoms with Crippen LogP contribution in [0.5, 0.6) is 0 Å². The van der Waals surface area contributed by atoms with E-state index in [1.807, 2.05) is 43.4 Å². The summed E-state index contributed by atoms with van der Waals surface area (Å²) >= 11 is 0. The van der Waals surface area contributed by atoms with E-state index in [1.165, 1.54) is 12.1 Å². The molecule has 1 amide bonds. The first kappa shape index (κ1) is 29.7. The number of aromatic carboxylic acids is 1. The number of hydrogen-bond acceptors (Lipinski definition) is 8. The van der Waals surface area contributed by atoms with Crippen molar-refractivity contribution < 1.29 is 33.3 Å². The second-order valence-corrected chi connectivity index (χ2v) is 9.41. The molecule has 1 aliphatic carbocycles. The van der Waals surface area contributed by atoms with Crippen LogP contribution in [-0.4, -0.2) is 77.8 Å². The van der Waals surface area contributed by atoms with E-state index in [9.17, 15) is 14.7 Å². The van der Waals surface area contributed by atoms with Crippen molar-refractivity contribution in [2.24, 2.45) is 4.99 Å². The minimum absolute atomic E-state index is 0.0782. The molecule has 0 aromatic heterocycles. The van der Waals surface area contributed by atoms with Crippen LogP contribution in [0, 0.1) is 0 Å². The highest BCUT2D eigenvalue weighted by Gasteiger charge is 2.23. The summed E-state index contributed by atoms with van der Waals surface area (Å²) in [7, 11) is 6.71. The van der Waals surface area contributed by atoms with Crippen molar-refractivity contribution in [2.75, 3.05) is 60.0 Å². The molecule has 0 radical (unpaired) electrons. The Labute approximate surface area is 238 Å². The molecule has 3 N–H and O–H groups in total. The molecule has 216 valence electrons. The van der Waals surface area contributed by atoms with E-state index < -0.39 is 5.97 Å². The molecule has 0 saturated carbocycles. The van der Waals surface area contributed by atoms with Crippen LogP contribution in [0.4, 0.5) is 5.69 Å². The van der Waals surface area contributed by atoms with Gasteiger partial charge in [0.05, 0.1) is 24.1 Å². The van der Waals surface area contributed by atoms with E-state index >= 15 is 0 Å². The summed E-state index contributed by atoms with van der Waals surface area (Å²) in [6.07, 6.45) is 0.454. The van der Waals surface area contributed by atoms with Gasteiger partial charge in [0.1, 0.15) is 17.4 Å². The number of nitrogens with zero attached hydrogens (tertiary/aromatic N) is 1. The third kappa shape index (κ3) is 6.91. The van der Waals surface area contributed by atoms with Gasteiger partial charge in [-0.1, -0.05) is 0 Å². The predicted molar refractivity (Wildman–Crippen MR) is 157 cm³/mol. The van der Waals surface area contributed by atoms with Gasteiger partial charge < -0.3 is 34.4 Å². The number of benzene rings is 3. The molecule has 2 aromatic carbocycles. The van der Waals surface area contributed by atoms with Gasteiger partial charge in [-0.05, 0) is 54.4 Å². The predicted octanol–water partition coefficient (Wildman–Crippen LogP) is 4.27. The molecule has 1 unspecified atom stereocenters. The highest BCUT2D eigenvalue weighted by atomic mass is 16.5. The van der Waals surface area contributed by atoms with E-state index in [-0.39, 0.29) is 17.6 Å². The first-order valence-electron chi connectivity index (χ1n) is 13.3. The summed E-state index contributed by atoms with van der Waals surface area (Å²) in [5.74, 6) is -0.853. The SMILES string of the molecule is C/N=c1\ccc2c(-c3cc(C(=O)NCCCOCC(COC)OC)ccc3C(=O)O)c3ccc(NC)cc3oc-2c1. The Bertz CT molecular complexity index is 1560. The van der Waals surface area contributed by atoms with Gasteiger partial charge in [0, 0.05) is 81.4 Å². The molecule has 0 bridgehead atoms. The maximum Gasteiger partial charge on any atom is 0.336 e. The van der Waals surface area contributed by atoms with E-state index in [1.54, 1.807) is 27.3 Å². The Morgan fingerprint density at radius 1 is 1.02 bits per heavy atom. The van der Waals surface area contributed by atoms with Crippen LogP contribution in [-0.2, 0) is 14.2 Å². The number of anilines is 1. The van der Waals surface area contributed by atoms with Gasteiger partial charge in [0.2, 0.25) is 0 Å². The molecule has 41 heavy (non-hydrogen) atoms. The molecule has 0 spiro atoms. The standard InChI is InChI=1S/C31H35N3O7/c1-32-20-7-10-24-27(15-20)41-28-16-21(33-2)8-11-25(28)29(24)26-14-19(6-9-23(26)31(36)37)30(35)34-12-5-13-40-18-22(39-4)17-38-3/h6-11,14-16,22,32H,5,12-13,17-18H2,1-4H3,(H,34,35)(H,36,37)/b33-21+. The molecular formula is C31H35N3O7. The zero-order valence-corrected chi connectivity index (χ0v) is 23.7. The first-order chi connectivity index (χ1) is 19.9. The number of amides is 1. The van der Waals surface area contributed by atoms with Crippen LogP contribution in [0.25, 0.3) is 33.4 Å². The monoisotopic (exact) mass is 561 g/mol. The maximum absolute atomic E-state index is 13.1. The van der Waals surface area contributed by atoms with Crippen LogP contribution >= 0.6 is 0 Å². The smallest absolute Gasteiger partial charge is 0.336 e. The van der Waals surface area contributed by atoms with Crippen molar-refractivity contribution in [3.05, 3.63) is 71.1 Å². The summed E-state index contributed by atoms with van der Waals surface area (Å²) in [6, 6.07) is 15.8. The third-order valence-corrected chi connectivity index (χ3v) is 6.77. The van der Waals surface area contributed by atoms with E-state index in [0.717, 1.165) is 16.4 Å². The normalized spacial score (nSPS) is 12.5. The molecule has 0 saturated heterocycles. The quantitative estimate of drug-likeness (QED) is 0.163. The number of methoxy groups -OCH3 is 2. The van der Waals surface area contributed by atoms with E-state index in [2.05, 4.69) is 15.6 Å². The molecule has 1 heterocycles. The Kier molecular flexibility index (Phi) is 10.1. The van der Waals surface area contributed by atoms with Crippen molar-refractivity contribution in [2.45, 2.75) is 12.5 Å². The van der Waals surface area contributed by atoms with Crippen LogP contribution in [0.1, 0.15) is 27.1 Å². The zero-order chi connectivity index (χ0) is 29.4. The lowest BCUT2D eigenvalue weighted by Crippen LogP contribution is -2.27. The molecule has 2 aromatic rings. The van der Waals surface area contributed by atoms with Crippen molar-refractivity contribution in [3.63, 3.8) is 0 Å². The van der Waals surface area contributed by atoms with Gasteiger partial charge in [0.25, 0.3) is 5.91 Å². The third-order valence-electron chi connectivity index (χ3n) is 6.77. The molecule has 4 rings (SSSR count). The molecule has 1 aliphatic heterocycles. The fourth-order valence-electron chi connectivity index (χ4n) is 4.61. The van der Waals surface area contributed by atoms with E-state index in [4.69, 9.17) is 18.6 Å². The number of hydrogen-bond donors (Lipinski definition) is 3. The molecule has 2 aliphatic rings. The van der Waals surface area contributed by atoms with Gasteiger partial charge in [-0.2, -0.15) is 0 Å². The van der Waals surface area contributed by atoms with E-state index in [0.29, 0.717) is 66.4 Å². The minimum atomic E-state index is -1.10. The van der Waals surface area contributed by atoms with Gasteiger partial charge in [-0.15, -0.1) is 0 Å². The number of rotatable bonds is 13. The number of fused-ring (bicyclic) bond motifs is 2. The van der Waals surface area contributed by atoms with Crippen LogP contribution in [0.3, 0.4) is 0 Å². The van der Waals surface area contributed by atoms with Gasteiger partial charge in [-0.3, -0.25) is 9.79 Å². The number of nitrogens with one attached hydrogen (secondary N) is 2. The van der Waals surface area contributed by atoms with Crippen molar-refractivity contribution in [3.8, 4) is 22.5 Å². The summed E-state index contributed by atoms with van der Waals surface area (Å²) < 4.78 is 22.2. The highest BCUT2D eigenvalue weighted by molar-refractivity contribution is 6.09. The van der Waals surface area contributed by atoms with Gasteiger partial charge >= 0.3 is 5.97 Å². The van der Waals surface area contributed by atoms with Gasteiger partial charge in [-0.25, -0.2) is 4.79 Å². The average Bonchev–Trinajstić information content (AvgIpc) is 2.99. The molecular weight excluding hydrogens is 526 g/mol.